The van der Waals surface area contributed by atoms with Gasteiger partial charge in [-0.1, -0.05) is 44.9 Å². The molecule has 0 unspecified atom stereocenters. The second kappa shape index (κ2) is 7.04. The van der Waals surface area contributed by atoms with Gasteiger partial charge in [0.1, 0.15) is 0 Å². The second-order valence-corrected chi connectivity index (χ2v) is 6.80. The van der Waals surface area contributed by atoms with E-state index in [1.807, 2.05) is 0 Å². The number of thioether (sulfide) groups is 1. The number of hydrogen-bond donors (Lipinski definition) is 1. The first-order valence-corrected chi connectivity index (χ1v) is 7.76. The molecule has 1 aliphatic rings. The molecule has 0 atom stereocenters. The summed E-state index contributed by atoms with van der Waals surface area (Å²) in [6.45, 7) is 5.03. The van der Waals surface area contributed by atoms with Gasteiger partial charge in [-0.3, -0.25) is 0 Å². The molecule has 1 N–H and O–H groups in total. The summed E-state index contributed by atoms with van der Waals surface area (Å²) in [7, 11) is 0. The Morgan fingerprint density at radius 2 is 1.78 bits per heavy atom. The molecule has 1 rings (SSSR count). The molecule has 108 valence electrons. The van der Waals surface area contributed by atoms with E-state index in [0.717, 1.165) is 32.2 Å². The molecule has 0 aromatic heterocycles. The Bertz CT molecular complexity index is 235. The van der Waals surface area contributed by atoms with Crippen molar-refractivity contribution in [2.24, 2.45) is 5.41 Å². The van der Waals surface area contributed by atoms with E-state index < -0.39 is 5.51 Å². The van der Waals surface area contributed by atoms with Gasteiger partial charge in [-0.25, -0.2) is 0 Å². The van der Waals surface area contributed by atoms with Crippen LogP contribution in [0.15, 0.2) is 0 Å². The molecule has 0 saturated heterocycles. The Balaban J connectivity index is 2.44. The summed E-state index contributed by atoms with van der Waals surface area (Å²) >= 11 is 0.132. The van der Waals surface area contributed by atoms with Crippen LogP contribution in [0.25, 0.3) is 0 Å². The number of nitrogens with one attached hydrogen (secondary N) is 1. The first-order valence-electron chi connectivity index (χ1n) is 6.77. The van der Waals surface area contributed by atoms with Crippen LogP contribution >= 0.6 is 11.8 Å². The highest BCUT2D eigenvalue weighted by molar-refractivity contribution is 8.00. The van der Waals surface area contributed by atoms with Crippen LogP contribution < -0.4 is 5.32 Å². The summed E-state index contributed by atoms with van der Waals surface area (Å²) in [6, 6.07) is 0.402. The predicted octanol–water partition coefficient (Wildman–Crippen LogP) is 4.58. The van der Waals surface area contributed by atoms with Crippen LogP contribution in [-0.4, -0.2) is 23.8 Å². The molecule has 0 aromatic rings. The molecular weight excluding hydrogens is 259 g/mol. The average molecular weight is 283 g/mol. The lowest BCUT2D eigenvalue weighted by Gasteiger charge is -2.38. The predicted molar refractivity (Wildman–Crippen MR) is 71.8 cm³/mol. The van der Waals surface area contributed by atoms with E-state index in [1.165, 1.54) is 6.42 Å². The zero-order valence-corrected chi connectivity index (χ0v) is 12.1. The molecule has 18 heavy (non-hydrogen) atoms. The third-order valence-corrected chi connectivity index (χ3v) is 4.43. The molecule has 1 fully saturated rings. The Morgan fingerprint density at radius 3 is 2.28 bits per heavy atom. The largest absolute Gasteiger partial charge is 0.441 e. The maximum Gasteiger partial charge on any atom is 0.441 e. The third-order valence-electron chi connectivity index (χ3n) is 3.70. The van der Waals surface area contributed by atoms with Gasteiger partial charge in [0.2, 0.25) is 0 Å². The Kier molecular flexibility index (Phi) is 6.31. The Morgan fingerprint density at radius 1 is 1.17 bits per heavy atom. The van der Waals surface area contributed by atoms with E-state index in [4.69, 9.17) is 0 Å². The lowest BCUT2D eigenvalue weighted by molar-refractivity contribution is -0.0329. The van der Waals surface area contributed by atoms with E-state index in [1.54, 1.807) is 0 Å². The van der Waals surface area contributed by atoms with Gasteiger partial charge >= 0.3 is 5.51 Å². The minimum Gasteiger partial charge on any atom is -0.314 e. The third kappa shape index (κ3) is 6.32. The SMILES string of the molecule is CC(C)NCC1(CCSC(F)(F)F)CCCCC1. The smallest absolute Gasteiger partial charge is 0.314 e. The van der Waals surface area contributed by atoms with Crippen molar-refractivity contribution < 1.29 is 13.2 Å². The summed E-state index contributed by atoms with van der Waals surface area (Å²) in [5.74, 6) is 0.198. The highest BCUT2D eigenvalue weighted by Gasteiger charge is 2.34. The number of hydrogen-bond acceptors (Lipinski definition) is 2. The van der Waals surface area contributed by atoms with Gasteiger partial charge in [-0.05, 0) is 24.7 Å². The van der Waals surface area contributed by atoms with E-state index in [2.05, 4.69) is 19.2 Å². The summed E-state index contributed by atoms with van der Waals surface area (Å²) < 4.78 is 36.6. The summed E-state index contributed by atoms with van der Waals surface area (Å²) in [6.07, 6.45) is 6.38. The molecule has 0 heterocycles. The maximum atomic E-state index is 12.2. The van der Waals surface area contributed by atoms with Gasteiger partial charge in [-0.15, -0.1) is 0 Å². The van der Waals surface area contributed by atoms with Gasteiger partial charge < -0.3 is 5.32 Å². The van der Waals surface area contributed by atoms with E-state index in [-0.39, 0.29) is 22.9 Å². The molecule has 5 heteroatoms. The van der Waals surface area contributed by atoms with Gasteiger partial charge in [0.05, 0.1) is 0 Å². The van der Waals surface area contributed by atoms with Crippen molar-refractivity contribution in [3.8, 4) is 0 Å². The van der Waals surface area contributed by atoms with Crippen molar-refractivity contribution >= 4 is 11.8 Å². The monoisotopic (exact) mass is 283 g/mol. The van der Waals surface area contributed by atoms with Crippen molar-refractivity contribution in [3.63, 3.8) is 0 Å². The van der Waals surface area contributed by atoms with Crippen LogP contribution in [0.2, 0.25) is 0 Å². The van der Waals surface area contributed by atoms with E-state index in [0.29, 0.717) is 12.5 Å². The van der Waals surface area contributed by atoms with E-state index >= 15 is 0 Å². The molecule has 0 spiro atoms. The van der Waals surface area contributed by atoms with Gasteiger partial charge in [0.25, 0.3) is 0 Å². The zero-order valence-electron chi connectivity index (χ0n) is 11.3. The highest BCUT2D eigenvalue weighted by Crippen LogP contribution is 2.41. The van der Waals surface area contributed by atoms with Crippen LogP contribution in [0, 0.1) is 5.41 Å². The van der Waals surface area contributed by atoms with Crippen molar-refractivity contribution in [3.05, 3.63) is 0 Å². The molecule has 1 saturated carbocycles. The lowest BCUT2D eigenvalue weighted by Crippen LogP contribution is -2.39. The summed E-state index contributed by atoms with van der Waals surface area (Å²) in [5, 5.41) is 3.41. The van der Waals surface area contributed by atoms with E-state index in [9.17, 15) is 13.2 Å². The molecule has 0 aliphatic heterocycles. The highest BCUT2D eigenvalue weighted by atomic mass is 32.2. The van der Waals surface area contributed by atoms with Crippen LogP contribution in [0.4, 0.5) is 13.2 Å². The Hall–Kier alpha value is 0.100. The van der Waals surface area contributed by atoms with Crippen LogP contribution in [0.3, 0.4) is 0 Å². The van der Waals surface area contributed by atoms with Crippen LogP contribution in [0.5, 0.6) is 0 Å². The molecule has 1 nitrogen and oxygen atoms in total. The topological polar surface area (TPSA) is 12.0 Å². The quantitative estimate of drug-likeness (QED) is 0.766. The van der Waals surface area contributed by atoms with Crippen molar-refractivity contribution in [2.75, 3.05) is 12.3 Å². The molecule has 1 aliphatic carbocycles. The first-order chi connectivity index (χ1) is 8.33. The normalized spacial score (nSPS) is 20.3. The standard InChI is InChI=1S/C13H24F3NS/c1-11(2)17-10-12(6-4-3-5-7-12)8-9-18-13(14,15)16/h11,17H,3-10H2,1-2H3. The van der Waals surface area contributed by atoms with Crippen molar-refractivity contribution in [1.29, 1.82) is 0 Å². The number of rotatable bonds is 6. The van der Waals surface area contributed by atoms with Crippen molar-refractivity contribution in [1.82, 2.24) is 5.32 Å². The molecule has 0 radical (unpaired) electrons. The minimum atomic E-state index is -4.08. The fraction of sp³-hybridized carbons (Fsp3) is 1.00. The second-order valence-electron chi connectivity index (χ2n) is 5.64. The Labute approximate surface area is 112 Å². The average Bonchev–Trinajstić information content (AvgIpc) is 2.26. The number of alkyl halides is 3. The summed E-state index contributed by atoms with van der Waals surface area (Å²) in [5.41, 5.74) is -3.98. The maximum absolute atomic E-state index is 12.2. The van der Waals surface area contributed by atoms with Crippen molar-refractivity contribution in [2.45, 2.75) is 63.9 Å². The summed E-state index contributed by atoms with van der Waals surface area (Å²) in [4.78, 5) is 0. The van der Waals surface area contributed by atoms with Crippen LogP contribution in [-0.2, 0) is 0 Å². The fourth-order valence-corrected chi connectivity index (χ4v) is 3.39. The van der Waals surface area contributed by atoms with Gasteiger partial charge in [0, 0.05) is 18.3 Å². The molecule has 0 aromatic carbocycles. The first kappa shape index (κ1) is 16.2. The molecule has 0 amide bonds. The van der Waals surface area contributed by atoms with Gasteiger partial charge in [0.15, 0.2) is 0 Å². The minimum absolute atomic E-state index is 0.0980. The molecule has 0 bridgehead atoms. The zero-order chi connectivity index (χ0) is 13.6. The molecular formula is C13H24F3NS. The fourth-order valence-electron chi connectivity index (χ4n) is 2.62. The lowest BCUT2D eigenvalue weighted by atomic mass is 9.72. The van der Waals surface area contributed by atoms with Crippen LogP contribution in [0.1, 0.15) is 52.4 Å². The number of halogens is 3. The van der Waals surface area contributed by atoms with Gasteiger partial charge in [-0.2, -0.15) is 13.2 Å².